The van der Waals surface area contributed by atoms with E-state index >= 15 is 0 Å². The van der Waals surface area contributed by atoms with Crippen molar-refractivity contribution in [2.24, 2.45) is 5.92 Å². The highest BCUT2D eigenvalue weighted by Gasteiger charge is 2.31. The van der Waals surface area contributed by atoms with E-state index in [2.05, 4.69) is 24.1 Å². The number of rotatable bonds is 4. The summed E-state index contributed by atoms with van der Waals surface area (Å²) in [5, 5.41) is 3.33. The maximum atomic E-state index is 11.1. The minimum absolute atomic E-state index is 0.272. The molecule has 0 amide bonds. The molecule has 3 atom stereocenters. The van der Waals surface area contributed by atoms with Gasteiger partial charge in [0.15, 0.2) is 0 Å². The topological polar surface area (TPSA) is 49.4 Å². The Morgan fingerprint density at radius 3 is 2.50 bits per heavy atom. The van der Waals surface area contributed by atoms with Crippen LogP contribution in [0.1, 0.15) is 20.3 Å². The van der Waals surface area contributed by atoms with Gasteiger partial charge < -0.3 is 5.32 Å². The molecule has 0 aromatic heterocycles. The first-order chi connectivity index (χ1) is 7.35. The van der Waals surface area contributed by atoms with E-state index in [-0.39, 0.29) is 5.75 Å². The molecular formula is C11H24N2O2S. The average molecular weight is 248 g/mol. The van der Waals surface area contributed by atoms with E-state index in [0.717, 1.165) is 13.0 Å². The van der Waals surface area contributed by atoms with Gasteiger partial charge in [-0.05, 0) is 32.9 Å². The third-order valence-corrected chi connectivity index (χ3v) is 4.74. The largest absolute Gasteiger partial charge is 0.317 e. The van der Waals surface area contributed by atoms with Gasteiger partial charge in [0, 0.05) is 24.9 Å². The average Bonchev–Trinajstić information content (AvgIpc) is 2.19. The molecule has 96 valence electrons. The lowest BCUT2D eigenvalue weighted by atomic mass is 9.87. The van der Waals surface area contributed by atoms with Crippen LogP contribution in [0.2, 0.25) is 0 Å². The van der Waals surface area contributed by atoms with Gasteiger partial charge in [-0.2, -0.15) is 0 Å². The van der Waals surface area contributed by atoms with Crippen LogP contribution in [-0.2, 0) is 9.84 Å². The zero-order valence-corrected chi connectivity index (χ0v) is 11.5. The molecule has 0 bridgehead atoms. The minimum Gasteiger partial charge on any atom is -0.317 e. The first-order valence-corrected chi connectivity index (χ1v) is 8.00. The fourth-order valence-corrected chi connectivity index (χ4v) is 3.01. The molecule has 1 aliphatic rings. The molecule has 0 saturated carbocycles. The van der Waals surface area contributed by atoms with Crippen molar-refractivity contribution in [2.75, 3.05) is 32.1 Å². The Balaban J connectivity index is 2.51. The summed E-state index contributed by atoms with van der Waals surface area (Å²) in [6.07, 6.45) is 2.41. The Bertz CT molecular complexity index is 316. The van der Waals surface area contributed by atoms with Crippen LogP contribution in [0, 0.1) is 5.92 Å². The molecule has 1 aliphatic heterocycles. The molecule has 0 radical (unpaired) electrons. The van der Waals surface area contributed by atoms with Crippen molar-refractivity contribution in [3.8, 4) is 0 Å². The van der Waals surface area contributed by atoms with Crippen LogP contribution in [0.5, 0.6) is 0 Å². The number of hydrogen-bond donors (Lipinski definition) is 1. The van der Waals surface area contributed by atoms with E-state index in [0.29, 0.717) is 24.5 Å². The summed E-state index contributed by atoms with van der Waals surface area (Å²) in [4.78, 5) is 2.29. The molecular weight excluding hydrogens is 224 g/mol. The fourth-order valence-electron chi connectivity index (χ4n) is 2.45. The molecule has 5 heteroatoms. The Morgan fingerprint density at radius 1 is 1.38 bits per heavy atom. The summed E-state index contributed by atoms with van der Waals surface area (Å²) in [6, 6.07) is 1.01. The number of nitrogens with zero attached hydrogens (tertiary/aromatic N) is 1. The number of sulfone groups is 1. The SMILES string of the molecule is CNC1CCN(CCS(C)(=O)=O)C(C)C1C. The molecule has 1 saturated heterocycles. The van der Waals surface area contributed by atoms with E-state index in [9.17, 15) is 8.42 Å². The van der Waals surface area contributed by atoms with Gasteiger partial charge in [-0.1, -0.05) is 6.92 Å². The lowest BCUT2D eigenvalue weighted by Gasteiger charge is -2.42. The predicted octanol–water partition coefficient (Wildman–Crippen LogP) is 0.349. The van der Waals surface area contributed by atoms with Gasteiger partial charge in [-0.15, -0.1) is 0 Å². The standard InChI is InChI=1S/C11H24N2O2S/c1-9-10(2)13(6-5-11(9)12-3)7-8-16(4,14)15/h9-12H,5-8H2,1-4H3. The highest BCUT2D eigenvalue weighted by Crippen LogP contribution is 2.23. The van der Waals surface area contributed by atoms with Crippen molar-refractivity contribution in [2.45, 2.75) is 32.4 Å². The van der Waals surface area contributed by atoms with E-state index in [4.69, 9.17) is 0 Å². The predicted molar refractivity (Wildman–Crippen MR) is 67.4 cm³/mol. The molecule has 1 heterocycles. The van der Waals surface area contributed by atoms with Crippen LogP contribution >= 0.6 is 0 Å². The molecule has 3 unspecified atom stereocenters. The van der Waals surface area contributed by atoms with Gasteiger partial charge in [0.25, 0.3) is 0 Å². The molecule has 1 fully saturated rings. The molecule has 0 aromatic carbocycles. The van der Waals surface area contributed by atoms with Gasteiger partial charge in [-0.3, -0.25) is 4.90 Å². The first kappa shape index (κ1) is 13.9. The maximum Gasteiger partial charge on any atom is 0.148 e. The van der Waals surface area contributed by atoms with Crippen molar-refractivity contribution >= 4 is 9.84 Å². The lowest BCUT2D eigenvalue weighted by Crippen LogP contribution is -2.53. The normalized spacial score (nSPS) is 32.9. The highest BCUT2D eigenvalue weighted by atomic mass is 32.2. The van der Waals surface area contributed by atoms with Crippen LogP contribution in [0.4, 0.5) is 0 Å². The number of hydrogen-bond acceptors (Lipinski definition) is 4. The van der Waals surface area contributed by atoms with Gasteiger partial charge in [0.1, 0.15) is 9.84 Å². The highest BCUT2D eigenvalue weighted by molar-refractivity contribution is 7.90. The number of likely N-dealkylation sites (tertiary alicyclic amines) is 1. The van der Waals surface area contributed by atoms with Crippen molar-refractivity contribution in [1.29, 1.82) is 0 Å². The lowest BCUT2D eigenvalue weighted by molar-refractivity contribution is 0.0938. The molecule has 16 heavy (non-hydrogen) atoms. The Labute approximate surface area is 99.3 Å². The quantitative estimate of drug-likeness (QED) is 0.780. The zero-order valence-electron chi connectivity index (χ0n) is 10.7. The van der Waals surface area contributed by atoms with E-state index < -0.39 is 9.84 Å². The maximum absolute atomic E-state index is 11.1. The summed E-state index contributed by atoms with van der Waals surface area (Å²) in [7, 11) is -0.841. The van der Waals surface area contributed by atoms with Crippen molar-refractivity contribution in [1.82, 2.24) is 10.2 Å². The van der Waals surface area contributed by atoms with Gasteiger partial charge in [0.05, 0.1) is 5.75 Å². The minimum atomic E-state index is -2.84. The summed E-state index contributed by atoms with van der Waals surface area (Å²) >= 11 is 0. The second-order valence-electron chi connectivity index (χ2n) is 4.95. The fraction of sp³-hybridized carbons (Fsp3) is 1.00. The second kappa shape index (κ2) is 5.47. The van der Waals surface area contributed by atoms with E-state index in [1.54, 1.807) is 0 Å². The first-order valence-electron chi connectivity index (χ1n) is 5.94. The zero-order chi connectivity index (χ0) is 12.3. The third kappa shape index (κ3) is 3.71. The Hall–Kier alpha value is -0.130. The van der Waals surface area contributed by atoms with Crippen molar-refractivity contribution in [3.63, 3.8) is 0 Å². The third-order valence-electron chi connectivity index (χ3n) is 3.82. The van der Waals surface area contributed by atoms with Crippen LogP contribution < -0.4 is 5.32 Å². The summed E-state index contributed by atoms with van der Waals surface area (Å²) in [6.45, 7) is 6.09. The Kier molecular flexibility index (Phi) is 4.76. The van der Waals surface area contributed by atoms with E-state index in [1.165, 1.54) is 6.26 Å². The molecule has 0 spiro atoms. The smallest absolute Gasteiger partial charge is 0.148 e. The Morgan fingerprint density at radius 2 is 2.00 bits per heavy atom. The van der Waals surface area contributed by atoms with Crippen LogP contribution in [0.3, 0.4) is 0 Å². The molecule has 0 aliphatic carbocycles. The van der Waals surface area contributed by atoms with Crippen molar-refractivity contribution < 1.29 is 8.42 Å². The van der Waals surface area contributed by atoms with Crippen molar-refractivity contribution in [3.05, 3.63) is 0 Å². The number of piperidine rings is 1. The molecule has 0 aromatic rings. The van der Waals surface area contributed by atoms with E-state index in [1.807, 2.05) is 7.05 Å². The summed E-state index contributed by atoms with van der Waals surface area (Å²) < 4.78 is 22.3. The van der Waals surface area contributed by atoms with Gasteiger partial charge in [-0.25, -0.2) is 8.42 Å². The molecule has 1 N–H and O–H groups in total. The summed E-state index contributed by atoms with van der Waals surface area (Å²) in [5.41, 5.74) is 0. The monoisotopic (exact) mass is 248 g/mol. The summed E-state index contributed by atoms with van der Waals surface area (Å²) in [5.74, 6) is 0.840. The van der Waals surface area contributed by atoms with Gasteiger partial charge >= 0.3 is 0 Å². The molecule has 4 nitrogen and oxygen atoms in total. The van der Waals surface area contributed by atoms with Gasteiger partial charge in [0.2, 0.25) is 0 Å². The van der Waals surface area contributed by atoms with Crippen LogP contribution in [-0.4, -0.2) is 57.5 Å². The second-order valence-corrected chi connectivity index (χ2v) is 7.21. The number of nitrogens with one attached hydrogen (secondary N) is 1. The van der Waals surface area contributed by atoms with Crippen LogP contribution in [0.15, 0.2) is 0 Å². The van der Waals surface area contributed by atoms with Crippen LogP contribution in [0.25, 0.3) is 0 Å². The molecule has 1 rings (SSSR count).